The van der Waals surface area contributed by atoms with E-state index >= 15 is 0 Å². The molecule has 0 radical (unpaired) electrons. The SMILES string of the molecule is CCCC[C@H]([Se]c1ccccc1)C(O)CS(=O)(=O)C(C)(C)C. The molecule has 0 aliphatic carbocycles. The minimum atomic E-state index is -3.30. The van der Waals surface area contributed by atoms with Crippen molar-refractivity contribution in [2.75, 3.05) is 5.75 Å². The van der Waals surface area contributed by atoms with Crippen LogP contribution in [0, 0.1) is 0 Å². The third kappa shape index (κ3) is 6.04. The zero-order valence-electron chi connectivity index (χ0n) is 14.0. The average molecular weight is 391 g/mol. The van der Waals surface area contributed by atoms with Gasteiger partial charge in [-0.25, -0.2) is 0 Å². The van der Waals surface area contributed by atoms with Crippen molar-refractivity contribution in [3.8, 4) is 0 Å². The van der Waals surface area contributed by atoms with E-state index in [0.717, 1.165) is 19.3 Å². The van der Waals surface area contributed by atoms with Gasteiger partial charge >= 0.3 is 141 Å². The van der Waals surface area contributed by atoms with E-state index in [1.165, 1.54) is 4.46 Å². The Morgan fingerprint density at radius 2 is 1.77 bits per heavy atom. The molecule has 0 saturated carbocycles. The maximum absolute atomic E-state index is 12.3. The predicted molar refractivity (Wildman–Crippen MR) is 94.7 cm³/mol. The number of sulfone groups is 1. The molecule has 0 amide bonds. The van der Waals surface area contributed by atoms with E-state index in [4.69, 9.17) is 0 Å². The number of aliphatic hydroxyl groups excluding tert-OH is 1. The van der Waals surface area contributed by atoms with Gasteiger partial charge in [0.05, 0.1) is 0 Å². The van der Waals surface area contributed by atoms with Crippen molar-refractivity contribution in [3.05, 3.63) is 30.3 Å². The number of hydrogen-bond donors (Lipinski definition) is 1. The Morgan fingerprint density at radius 1 is 1.18 bits per heavy atom. The number of rotatable bonds is 8. The second-order valence-corrected chi connectivity index (χ2v) is 12.1. The zero-order valence-corrected chi connectivity index (χ0v) is 16.5. The van der Waals surface area contributed by atoms with Crippen molar-refractivity contribution in [2.45, 2.75) is 62.6 Å². The normalized spacial score (nSPS) is 15.5. The van der Waals surface area contributed by atoms with Crippen molar-refractivity contribution in [1.82, 2.24) is 0 Å². The number of aliphatic hydroxyl groups is 1. The van der Waals surface area contributed by atoms with Crippen LogP contribution in [0.15, 0.2) is 30.3 Å². The summed E-state index contributed by atoms with van der Waals surface area (Å²) in [6, 6.07) is 10.1. The van der Waals surface area contributed by atoms with Crippen molar-refractivity contribution < 1.29 is 13.5 Å². The zero-order chi connectivity index (χ0) is 16.8. The van der Waals surface area contributed by atoms with Crippen LogP contribution in [0.5, 0.6) is 0 Å². The van der Waals surface area contributed by atoms with Crippen molar-refractivity contribution >= 4 is 29.3 Å². The van der Waals surface area contributed by atoms with Crippen molar-refractivity contribution in [3.63, 3.8) is 0 Å². The van der Waals surface area contributed by atoms with E-state index in [0.29, 0.717) is 0 Å². The van der Waals surface area contributed by atoms with Crippen LogP contribution >= 0.6 is 0 Å². The maximum atomic E-state index is 12.3. The molecular formula is C17H28O3SSe. The second-order valence-electron chi connectivity index (χ2n) is 6.57. The molecule has 1 unspecified atom stereocenters. The molecule has 0 saturated heterocycles. The van der Waals surface area contributed by atoms with Crippen LogP contribution in [0.1, 0.15) is 47.0 Å². The molecule has 0 spiro atoms. The summed E-state index contributed by atoms with van der Waals surface area (Å²) in [5, 5.41) is 10.5. The first kappa shape index (κ1) is 19.7. The van der Waals surface area contributed by atoms with E-state index in [9.17, 15) is 13.5 Å². The van der Waals surface area contributed by atoms with E-state index in [1.54, 1.807) is 20.8 Å². The van der Waals surface area contributed by atoms with Crippen LogP contribution in [-0.2, 0) is 9.84 Å². The molecule has 0 bridgehead atoms. The Hall–Kier alpha value is -0.351. The van der Waals surface area contributed by atoms with Crippen LogP contribution in [0.4, 0.5) is 0 Å². The number of benzene rings is 1. The van der Waals surface area contributed by atoms with Gasteiger partial charge in [-0.3, -0.25) is 0 Å². The van der Waals surface area contributed by atoms with E-state index in [1.807, 2.05) is 18.2 Å². The summed E-state index contributed by atoms with van der Waals surface area (Å²) in [7, 11) is -3.30. The molecule has 0 aliphatic heterocycles. The first-order valence-corrected chi connectivity index (χ1v) is 11.3. The summed E-state index contributed by atoms with van der Waals surface area (Å²) in [5.74, 6) is -0.139. The monoisotopic (exact) mass is 392 g/mol. The van der Waals surface area contributed by atoms with Gasteiger partial charge in [0, 0.05) is 0 Å². The summed E-state index contributed by atoms with van der Waals surface area (Å²) in [4.78, 5) is 0.0481. The Balaban J connectivity index is 2.83. The topological polar surface area (TPSA) is 54.4 Å². The molecule has 126 valence electrons. The van der Waals surface area contributed by atoms with Gasteiger partial charge in [0.2, 0.25) is 0 Å². The fourth-order valence-electron chi connectivity index (χ4n) is 1.99. The standard InChI is InChI=1S/C17H28O3SSe/c1-5-6-12-16(22-14-10-8-7-9-11-14)15(18)13-21(19,20)17(2,3)4/h7-11,15-16,18H,5-6,12-13H2,1-4H3/t15?,16-/m0/s1. The van der Waals surface area contributed by atoms with Crippen LogP contribution in [0.2, 0.25) is 4.82 Å². The van der Waals surface area contributed by atoms with Crippen molar-refractivity contribution in [2.24, 2.45) is 0 Å². The van der Waals surface area contributed by atoms with Crippen LogP contribution < -0.4 is 4.46 Å². The Bertz CT molecular complexity index is 535. The first-order valence-electron chi connectivity index (χ1n) is 7.79. The summed E-state index contributed by atoms with van der Waals surface area (Å²) >= 11 is 0.0866. The molecule has 0 aromatic heterocycles. The number of unbranched alkanes of at least 4 members (excludes halogenated alkanes) is 1. The third-order valence-electron chi connectivity index (χ3n) is 3.63. The van der Waals surface area contributed by atoms with Crippen LogP contribution in [-0.4, -0.2) is 45.1 Å². The molecule has 0 aliphatic rings. The molecule has 1 aromatic carbocycles. The van der Waals surface area contributed by atoms with Gasteiger partial charge in [-0.05, 0) is 0 Å². The molecule has 0 fully saturated rings. The summed E-state index contributed by atoms with van der Waals surface area (Å²) in [5.41, 5.74) is 0. The van der Waals surface area contributed by atoms with E-state index in [2.05, 4.69) is 19.1 Å². The predicted octanol–water partition coefficient (Wildman–Crippen LogP) is 2.57. The fourth-order valence-corrected chi connectivity index (χ4v) is 5.97. The van der Waals surface area contributed by atoms with E-state index in [-0.39, 0.29) is 25.5 Å². The van der Waals surface area contributed by atoms with E-state index < -0.39 is 20.7 Å². The Morgan fingerprint density at radius 3 is 2.27 bits per heavy atom. The quantitative estimate of drug-likeness (QED) is 0.693. The van der Waals surface area contributed by atoms with Gasteiger partial charge < -0.3 is 0 Å². The molecule has 1 aromatic rings. The minimum absolute atomic E-state index is 0.0481. The van der Waals surface area contributed by atoms with Gasteiger partial charge in [0.25, 0.3) is 0 Å². The van der Waals surface area contributed by atoms with Crippen LogP contribution in [0.25, 0.3) is 0 Å². The molecule has 1 N–H and O–H groups in total. The van der Waals surface area contributed by atoms with Gasteiger partial charge in [0.1, 0.15) is 0 Å². The molecule has 2 atom stereocenters. The second kappa shape index (κ2) is 8.49. The third-order valence-corrected chi connectivity index (χ3v) is 9.20. The molecule has 0 heterocycles. The molecule has 22 heavy (non-hydrogen) atoms. The van der Waals surface area contributed by atoms with Gasteiger partial charge in [-0.2, -0.15) is 0 Å². The molecule has 1 rings (SSSR count). The summed E-state index contributed by atoms with van der Waals surface area (Å²) in [6.07, 6.45) is 2.18. The fraction of sp³-hybridized carbons (Fsp3) is 0.647. The molecule has 3 nitrogen and oxygen atoms in total. The van der Waals surface area contributed by atoms with Crippen LogP contribution in [0.3, 0.4) is 0 Å². The summed E-state index contributed by atoms with van der Waals surface area (Å²) in [6.45, 7) is 7.19. The Kier molecular flexibility index (Phi) is 7.60. The van der Waals surface area contributed by atoms with Gasteiger partial charge in [0.15, 0.2) is 0 Å². The average Bonchev–Trinajstić information content (AvgIpc) is 2.42. The number of hydrogen-bond acceptors (Lipinski definition) is 3. The van der Waals surface area contributed by atoms with Crippen molar-refractivity contribution in [1.29, 1.82) is 0 Å². The Labute approximate surface area is 141 Å². The molecule has 5 heteroatoms. The van der Waals surface area contributed by atoms with Gasteiger partial charge in [-0.1, -0.05) is 0 Å². The molecular weight excluding hydrogens is 363 g/mol. The van der Waals surface area contributed by atoms with Gasteiger partial charge in [-0.15, -0.1) is 0 Å². The first-order chi connectivity index (χ1) is 10.2. The summed E-state index contributed by atoms with van der Waals surface area (Å²) < 4.78 is 25.1.